The third kappa shape index (κ3) is 3.93. The van der Waals surface area contributed by atoms with Crippen molar-refractivity contribution in [3.63, 3.8) is 0 Å². The van der Waals surface area contributed by atoms with Crippen molar-refractivity contribution >= 4 is 34.5 Å². The summed E-state index contributed by atoms with van der Waals surface area (Å²) in [5.74, 6) is -0.940. The van der Waals surface area contributed by atoms with Gasteiger partial charge in [-0.05, 0) is 25.5 Å². The van der Waals surface area contributed by atoms with Crippen LogP contribution in [0.25, 0.3) is 11.0 Å². The predicted molar refractivity (Wildman–Crippen MR) is 90.1 cm³/mol. The summed E-state index contributed by atoms with van der Waals surface area (Å²) in [6.07, 6.45) is -1.08. The number of ether oxygens (including phenoxy) is 3. The Kier molecular flexibility index (Phi) is 5.69. The average Bonchev–Trinajstić information content (AvgIpc) is 2.59. The summed E-state index contributed by atoms with van der Waals surface area (Å²) in [5, 5.41) is 0.783. The maximum atomic E-state index is 12.2. The lowest BCUT2D eigenvalue weighted by molar-refractivity contribution is -0.148. The molecule has 0 saturated heterocycles. The van der Waals surface area contributed by atoms with E-state index in [0.717, 1.165) is 0 Å². The molecule has 2 rings (SSSR count). The number of carbonyl (C=O) groups excluding carboxylic acids is 2. The van der Waals surface area contributed by atoms with Crippen LogP contribution >= 0.6 is 11.6 Å². The Balaban J connectivity index is 2.51. The highest BCUT2D eigenvalue weighted by Crippen LogP contribution is 2.32. The Labute approximate surface area is 148 Å². The van der Waals surface area contributed by atoms with Crippen LogP contribution < -0.4 is 10.4 Å². The number of hydrogen-bond donors (Lipinski definition) is 0. The monoisotopic (exact) mass is 368 g/mol. The topological polar surface area (TPSA) is 92.0 Å². The quantitative estimate of drug-likeness (QED) is 0.591. The minimum atomic E-state index is -0.883. The van der Waals surface area contributed by atoms with Crippen LogP contribution in [0.5, 0.6) is 5.75 Å². The molecule has 0 aliphatic carbocycles. The van der Waals surface area contributed by atoms with Crippen molar-refractivity contribution in [2.24, 2.45) is 0 Å². The smallest absolute Gasteiger partial charge is 0.346 e. The standard InChI is InChI=1S/C17H17ClO7/c1-8-10-5-12(18)14(24-9(2)16(20)23-4)7-13(10)25-17(21)11(8)6-15(19)22-3/h5,7,9H,6H2,1-4H3/t9-/m0/s1. The van der Waals surface area contributed by atoms with Crippen molar-refractivity contribution in [3.8, 4) is 5.75 Å². The SMILES string of the molecule is COC(=O)Cc1c(C)c2cc(Cl)c(O[C@@H](C)C(=O)OC)cc2oc1=O. The zero-order valence-electron chi connectivity index (χ0n) is 14.2. The zero-order valence-corrected chi connectivity index (χ0v) is 14.9. The molecule has 0 aliphatic rings. The molecule has 0 fully saturated rings. The molecule has 7 nitrogen and oxygen atoms in total. The van der Waals surface area contributed by atoms with Crippen molar-refractivity contribution in [2.45, 2.75) is 26.4 Å². The molecule has 1 heterocycles. The lowest BCUT2D eigenvalue weighted by atomic mass is 10.0. The van der Waals surface area contributed by atoms with E-state index in [4.69, 9.17) is 20.8 Å². The second kappa shape index (κ2) is 7.57. The number of esters is 2. The van der Waals surface area contributed by atoms with E-state index in [-0.39, 0.29) is 28.3 Å². The molecule has 0 unspecified atom stereocenters. The highest BCUT2D eigenvalue weighted by Gasteiger charge is 2.20. The maximum Gasteiger partial charge on any atom is 0.346 e. The Morgan fingerprint density at radius 3 is 2.52 bits per heavy atom. The fraction of sp³-hybridized carbons (Fsp3) is 0.353. The normalized spacial score (nSPS) is 11.9. The third-order valence-corrected chi connectivity index (χ3v) is 4.02. The maximum absolute atomic E-state index is 12.2. The minimum Gasteiger partial charge on any atom is -0.477 e. The summed E-state index contributed by atoms with van der Waals surface area (Å²) in [7, 11) is 2.48. The molecule has 0 bridgehead atoms. The summed E-state index contributed by atoms with van der Waals surface area (Å²) < 4.78 is 19.9. The molecule has 0 spiro atoms. The first-order valence-electron chi connectivity index (χ1n) is 7.35. The van der Waals surface area contributed by atoms with Gasteiger partial charge in [-0.1, -0.05) is 11.6 Å². The van der Waals surface area contributed by atoms with Gasteiger partial charge in [0.1, 0.15) is 11.3 Å². The lowest BCUT2D eigenvalue weighted by Gasteiger charge is -2.15. The Hall–Kier alpha value is -2.54. The summed E-state index contributed by atoms with van der Waals surface area (Å²) in [6, 6.07) is 2.97. The van der Waals surface area contributed by atoms with Crippen LogP contribution in [0.4, 0.5) is 0 Å². The Bertz CT molecular complexity index is 885. The van der Waals surface area contributed by atoms with Gasteiger partial charge in [-0.2, -0.15) is 0 Å². The summed E-state index contributed by atoms with van der Waals surface area (Å²) in [6.45, 7) is 3.19. The van der Waals surface area contributed by atoms with Gasteiger partial charge in [0.2, 0.25) is 0 Å². The van der Waals surface area contributed by atoms with Gasteiger partial charge in [0.15, 0.2) is 6.10 Å². The van der Waals surface area contributed by atoms with Gasteiger partial charge in [-0.3, -0.25) is 4.79 Å². The molecule has 2 aromatic rings. The van der Waals surface area contributed by atoms with Crippen molar-refractivity contribution in [1.29, 1.82) is 0 Å². The van der Waals surface area contributed by atoms with E-state index in [1.807, 2.05) is 0 Å². The highest BCUT2D eigenvalue weighted by molar-refractivity contribution is 6.32. The number of hydrogen-bond acceptors (Lipinski definition) is 7. The number of fused-ring (bicyclic) bond motifs is 1. The second-order valence-corrected chi connectivity index (χ2v) is 5.72. The third-order valence-electron chi connectivity index (χ3n) is 3.73. The molecule has 0 N–H and O–H groups in total. The summed E-state index contributed by atoms with van der Waals surface area (Å²) in [5.41, 5.74) is 0.343. The molecule has 1 atom stereocenters. The molecule has 134 valence electrons. The molecule has 1 aromatic carbocycles. The molecule has 0 saturated carbocycles. The van der Waals surface area contributed by atoms with E-state index in [0.29, 0.717) is 10.9 Å². The molecule has 0 amide bonds. The minimum absolute atomic E-state index is 0.176. The van der Waals surface area contributed by atoms with E-state index in [2.05, 4.69) is 9.47 Å². The number of benzene rings is 1. The fourth-order valence-electron chi connectivity index (χ4n) is 2.31. The zero-order chi connectivity index (χ0) is 18.7. The number of rotatable bonds is 5. The highest BCUT2D eigenvalue weighted by atomic mass is 35.5. The first-order valence-corrected chi connectivity index (χ1v) is 7.73. The number of methoxy groups -OCH3 is 2. The van der Waals surface area contributed by atoms with Gasteiger partial charge >= 0.3 is 17.6 Å². The van der Waals surface area contributed by atoms with Crippen molar-refractivity contribution in [3.05, 3.63) is 38.7 Å². The number of aryl methyl sites for hydroxylation is 1. The van der Waals surface area contributed by atoms with Crippen LogP contribution in [-0.4, -0.2) is 32.3 Å². The van der Waals surface area contributed by atoms with Gasteiger partial charge in [0.05, 0.1) is 31.2 Å². The van der Waals surface area contributed by atoms with Crippen LogP contribution in [0, 0.1) is 6.92 Å². The van der Waals surface area contributed by atoms with Crippen LogP contribution in [-0.2, 0) is 25.5 Å². The van der Waals surface area contributed by atoms with Crippen LogP contribution in [0.2, 0.25) is 5.02 Å². The molecule has 8 heteroatoms. The Morgan fingerprint density at radius 2 is 1.92 bits per heavy atom. The van der Waals surface area contributed by atoms with Gasteiger partial charge < -0.3 is 18.6 Å². The van der Waals surface area contributed by atoms with Crippen molar-refractivity contribution in [2.75, 3.05) is 14.2 Å². The number of halogens is 1. The molecule has 0 radical (unpaired) electrons. The molecule has 25 heavy (non-hydrogen) atoms. The first-order chi connectivity index (χ1) is 11.8. The molecular weight excluding hydrogens is 352 g/mol. The first kappa shape index (κ1) is 18.8. The fourth-order valence-corrected chi connectivity index (χ4v) is 2.51. The van der Waals surface area contributed by atoms with Crippen LogP contribution in [0.15, 0.2) is 21.3 Å². The number of carbonyl (C=O) groups is 2. The Morgan fingerprint density at radius 1 is 1.24 bits per heavy atom. The summed E-state index contributed by atoms with van der Waals surface area (Å²) >= 11 is 6.20. The lowest BCUT2D eigenvalue weighted by Crippen LogP contribution is -2.25. The molecule has 0 aliphatic heterocycles. The van der Waals surface area contributed by atoms with Gasteiger partial charge in [0.25, 0.3) is 0 Å². The van der Waals surface area contributed by atoms with Gasteiger partial charge in [-0.25, -0.2) is 9.59 Å². The molecular formula is C17H17ClO7. The van der Waals surface area contributed by atoms with E-state index >= 15 is 0 Å². The molecule has 1 aromatic heterocycles. The largest absolute Gasteiger partial charge is 0.477 e. The average molecular weight is 369 g/mol. The van der Waals surface area contributed by atoms with Gasteiger partial charge in [-0.15, -0.1) is 0 Å². The van der Waals surface area contributed by atoms with E-state index in [1.165, 1.54) is 27.2 Å². The van der Waals surface area contributed by atoms with Crippen LogP contribution in [0.1, 0.15) is 18.1 Å². The van der Waals surface area contributed by atoms with E-state index < -0.39 is 23.7 Å². The van der Waals surface area contributed by atoms with E-state index in [9.17, 15) is 14.4 Å². The van der Waals surface area contributed by atoms with E-state index in [1.54, 1.807) is 13.0 Å². The predicted octanol–water partition coefficient (Wildman–Crippen LogP) is 2.41. The van der Waals surface area contributed by atoms with Crippen molar-refractivity contribution in [1.82, 2.24) is 0 Å². The second-order valence-electron chi connectivity index (χ2n) is 5.31. The summed E-state index contributed by atoms with van der Waals surface area (Å²) in [4.78, 5) is 35.1. The van der Waals surface area contributed by atoms with Crippen molar-refractivity contribution < 1.29 is 28.2 Å². The van der Waals surface area contributed by atoms with Crippen LogP contribution in [0.3, 0.4) is 0 Å². The van der Waals surface area contributed by atoms with Gasteiger partial charge in [0, 0.05) is 11.5 Å².